The standard InChI is InChI=1S/C54H57N3O2/c1-29-24-40-48(35(7)33(29)5)49-36(8)34(6)30(2)25-43(49)54(14)50(40)59-51(56-54)39-28-46(32(4)23-31(39)3)58-38-19-20-42-45(27-38)57(44-18-16-15-17-41(44)53(42,12)13)47-26-37(21-22-55-47)52(9,10)11/h15-28,50H,1-14H3/t50-,54+/m0/s1. The van der Waals surface area contributed by atoms with Crippen LogP contribution in [-0.2, 0) is 21.1 Å². The van der Waals surface area contributed by atoms with Crippen molar-refractivity contribution in [3.05, 3.63) is 163 Å². The molecule has 0 bridgehead atoms. The summed E-state index contributed by atoms with van der Waals surface area (Å²) in [7, 11) is 0. The quantitative estimate of drug-likeness (QED) is 0.179. The van der Waals surface area contributed by atoms with Gasteiger partial charge in [-0.25, -0.2) is 9.98 Å². The molecule has 0 spiro atoms. The number of pyridine rings is 1. The van der Waals surface area contributed by atoms with Crippen LogP contribution in [-0.4, -0.2) is 10.9 Å². The summed E-state index contributed by atoms with van der Waals surface area (Å²) in [6.07, 6.45) is 1.68. The number of rotatable bonds is 4. The SMILES string of the molecule is Cc1cc(C)c(C2=N[C@]3(C)c4cc(C)c(C)c(C)c4-c4c(cc(C)c(C)c4C)[C@@H]3O2)cc1Oc1ccc2c(c1)N(c1cc(C(C)(C)C)ccn1)c1ccccc1C2(C)C. The number of benzene rings is 5. The summed E-state index contributed by atoms with van der Waals surface area (Å²) in [6.45, 7) is 31.3. The van der Waals surface area contributed by atoms with Gasteiger partial charge in [0, 0.05) is 28.8 Å². The molecule has 0 saturated heterocycles. The number of aryl methyl sites for hydroxylation is 4. The van der Waals surface area contributed by atoms with Crippen molar-refractivity contribution >= 4 is 23.1 Å². The van der Waals surface area contributed by atoms with Crippen molar-refractivity contribution in [2.24, 2.45) is 4.99 Å². The van der Waals surface area contributed by atoms with Crippen molar-refractivity contribution in [3.8, 4) is 22.6 Å². The fraction of sp³-hybridized carbons (Fsp3) is 0.333. The minimum Gasteiger partial charge on any atom is -0.466 e. The molecule has 3 heterocycles. The second kappa shape index (κ2) is 13.2. The molecule has 6 aromatic rings. The van der Waals surface area contributed by atoms with E-state index in [0.717, 1.165) is 45.4 Å². The first-order valence-corrected chi connectivity index (χ1v) is 21.1. The molecule has 2 aliphatic heterocycles. The Morgan fingerprint density at radius 3 is 2.05 bits per heavy atom. The molecule has 9 rings (SSSR count). The van der Waals surface area contributed by atoms with Gasteiger partial charge in [0.15, 0.2) is 6.10 Å². The Labute approximate surface area is 351 Å². The van der Waals surface area contributed by atoms with E-state index in [1.54, 1.807) is 0 Å². The molecule has 2 atom stereocenters. The second-order valence-electron chi connectivity index (χ2n) is 19.2. The largest absolute Gasteiger partial charge is 0.466 e. The van der Waals surface area contributed by atoms with Crippen molar-refractivity contribution in [2.45, 2.75) is 119 Å². The van der Waals surface area contributed by atoms with Crippen LogP contribution in [0.4, 0.5) is 17.2 Å². The lowest BCUT2D eigenvalue weighted by Crippen LogP contribution is -2.31. The Kier molecular flexibility index (Phi) is 8.66. The third-order valence-corrected chi connectivity index (χ3v) is 14.0. The zero-order valence-corrected chi connectivity index (χ0v) is 37.3. The number of ether oxygens (including phenoxy) is 2. The summed E-state index contributed by atoms with van der Waals surface area (Å²) < 4.78 is 14.1. The van der Waals surface area contributed by atoms with Crippen LogP contribution in [0.1, 0.15) is 126 Å². The predicted octanol–water partition coefficient (Wildman–Crippen LogP) is 14.2. The van der Waals surface area contributed by atoms with Gasteiger partial charge in [0.05, 0.1) is 11.4 Å². The molecule has 5 aromatic carbocycles. The first-order chi connectivity index (χ1) is 27.8. The van der Waals surface area contributed by atoms with E-state index >= 15 is 0 Å². The van der Waals surface area contributed by atoms with Crippen LogP contribution in [0.15, 0.2) is 90.1 Å². The van der Waals surface area contributed by atoms with Crippen molar-refractivity contribution in [2.75, 3.05) is 4.90 Å². The normalized spacial score (nSPS) is 18.6. The number of hydrogen-bond donors (Lipinski definition) is 0. The Hall–Kier alpha value is -5.68. The smallest absolute Gasteiger partial charge is 0.218 e. The number of hydrogen-bond acceptors (Lipinski definition) is 5. The number of fused-ring (bicyclic) bond motifs is 8. The van der Waals surface area contributed by atoms with E-state index in [9.17, 15) is 0 Å². The van der Waals surface area contributed by atoms with Gasteiger partial charge < -0.3 is 9.47 Å². The lowest BCUT2D eigenvalue weighted by atomic mass is 9.68. The van der Waals surface area contributed by atoms with E-state index in [2.05, 4.69) is 181 Å². The molecule has 5 heteroatoms. The molecule has 0 unspecified atom stereocenters. The van der Waals surface area contributed by atoms with Gasteiger partial charge in [-0.2, -0.15) is 0 Å². The number of anilines is 3. The maximum atomic E-state index is 7.13. The van der Waals surface area contributed by atoms with E-state index in [-0.39, 0.29) is 16.9 Å². The van der Waals surface area contributed by atoms with Gasteiger partial charge in [-0.1, -0.05) is 77.1 Å². The van der Waals surface area contributed by atoms with Gasteiger partial charge in [0.25, 0.3) is 0 Å². The van der Waals surface area contributed by atoms with E-state index in [1.807, 2.05) is 6.20 Å². The molecule has 0 amide bonds. The molecule has 0 fully saturated rings. The number of para-hydroxylation sites is 1. The Morgan fingerprint density at radius 1 is 0.644 bits per heavy atom. The molecule has 0 saturated carbocycles. The summed E-state index contributed by atoms with van der Waals surface area (Å²) in [5.41, 5.74) is 21.1. The van der Waals surface area contributed by atoms with Crippen molar-refractivity contribution in [3.63, 3.8) is 0 Å². The lowest BCUT2D eigenvalue weighted by Gasteiger charge is -2.41. The highest BCUT2D eigenvalue weighted by Crippen LogP contribution is 2.58. The monoisotopic (exact) mass is 779 g/mol. The molecule has 1 aromatic heterocycles. The van der Waals surface area contributed by atoms with E-state index in [0.29, 0.717) is 5.90 Å². The van der Waals surface area contributed by atoms with Crippen molar-refractivity contribution in [1.82, 2.24) is 4.98 Å². The average molecular weight is 780 g/mol. The van der Waals surface area contributed by atoms with Crippen LogP contribution in [0.3, 0.4) is 0 Å². The fourth-order valence-corrected chi connectivity index (χ4v) is 9.98. The highest BCUT2D eigenvalue weighted by atomic mass is 16.5. The van der Waals surface area contributed by atoms with Crippen LogP contribution in [0.25, 0.3) is 11.1 Å². The van der Waals surface area contributed by atoms with Crippen LogP contribution < -0.4 is 9.64 Å². The zero-order valence-electron chi connectivity index (χ0n) is 37.3. The third kappa shape index (κ3) is 5.79. The molecule has 1 aliphatic carbocycles. The summed E-state index contributed by atoms with van der Waals surface area (Å²) in [5, 5.41) is 0. The van der Waals surface area contributed by atoms with Gasteiger partial charge in [-0.15, -0.1) is 0 Å². The van der Waals surface area contributed by atoms with Crippen molar-refractivity contribution in [1.29, 1.82) is 0 Å². The molecule has 59 heavy (non-hydrogen) atoms. The van der Waals surface area contributed by atoms with Gasteiger partial charge in [-0.05, 0) is 176 Å². The molecule has 0 radical (unpaired) electrons. The molecule has 5 nitrogen and oxygen atoms in total. The summed E-state index contributed by atoms with van der Waals surface area (Å²) in [5.74, 6) is 3.08. The maximum absolute atomic E-state index is 7.13. The van der Waals surface area contributed by atoms with Gasteiger partial charge in [-0.3, -0.25) is 4.90 Å². The second-order valence-corrected chi connectivity index (χ2v) is 19.2. The van der Waals surface area contributed by atoms with Gasteiger partial charge in [0.2, 0.25) is 5.90 Å². The molecular weight excluding hydrogens is 723 g/mol. The van der Waals surface area contributed by atoms with Gasteiger partial charge >= 0.3 is 0 Å². The lowest BCUT2D eigenvalue weighted by molar-refractivity contribution is 0.145. The summed E-state index contributed by atoms with van der Waals surface area (Å²) in [4.78, 5) is 12.8. The van der Waals surface area contributed by atoms with E-state index in [1.165, 1.54) is 72.3 Å². The average Bonchev–Trinajstić information content (AvgIpc) is 3.55. The Balaban J connectivity index is 1.15. The molecule has 300 valence electrons. The number of aromatic nitrogens is 1. The zero-order chi connectivity index (χ0) is 42.1. The highest BCUT2D eigenvalue weighted by molar-refractivity contribution is 5.99. The minimum absolute atomic E-state index is 0.0239. The fourth-order valence-electron chi connectivity index (χ4n) is 9.98. The first kappa shape index (κ1) is 38.8. The predicted molar refractivity (Wildman–Crippen MR) is 244 cm³/mol. The summed E-state index contributed by atoms with van der Waals surface area (Å²) in [6, 6.07) is 28.6. The third-order valence-electron chi connectivity index (χ3n) is 14.0. The van der Waals surface area contributed by atoms with E-state index in [4.69, 9.17) is 19.5 Å². The van der Waals surface area contributed by atoms with Crippen molar-refractivity contribution < 1.29 is 9.47 Å². The van der Waals surface area contributed by atoms with Crippen LogP contribution in [0.5, 0.6) is 11.5 Å². The number of aliphatic imine (C=N–C) groups is 1. The minimum atomic E-state index is -0.600. The van der Waals surface area contributed by atoms with Crippen LogP contribution in [0, 0.1) is 55.4 Å². The molecule has 3 aliphatic rings. The Morgan fingerprint density at radius 2 is 1.32 bits per heavy atom. The first-order valence-electron chi connectivity index (χ1n) is 21.1. The van der Waals surface area contributed by atoms with Gasteiger partial charge in [0.1, 0.15) is 22.9 Å². The van der Waals surface area contributed by atoms with E-state index < -0.39 is 5.54 Å². The summed E-state index contributed by atoms with van der Waals surface area (Å²) >= 11 is 0. The maximum Gasteiger partial charge on any atom is 0.218 e. The molecule has 0 N–H and O–H groups in total. The number of nitrogens with zero attached hydrogens (tertiary/aromatic N) is 3. The molecular formula is C54H57N3O2. The topological polar surface area (TPSA) is 47.0 Å². The Bertz CT molecular complexity index is 2800. The van der Waals surface area contributed by atoms with Crippen LogP contribution in [0.2, 0.25) is 0 Å². The van der Waals surface area contributed by atoms with Crippen LogP contribution >= 0.6 is 0 Å². The highest BCUT2D eigenvalue weighted by Gasteiger charge is 2.51.